The Morgan fingerprint density at radius 3 is 1.93 bits per heavy atom. The van der Waals surface area contributed by atoms with Crippen molar-refractivity contribution in [2.75, 3.05) is 49.2 Å². The lowest BCUT2D eigenvalue weighted by atomic mass is 10.4. The molecule has 156 valence electrons. The van der Waals surface area contributed by atoms with Crippen molar-refractivity contribution in [3.63, 3.8) is 0 Å². The van der Waals surface area contributed by atoms with Gasteiger partial charge in [-0.2, -0.15) is 15.0 Å². The highest BCUT2D eigenvalue weighted by atomic mass is 31.1. The van der Waals surface area contributed by atoms with E-state index >= 15 is 0 Å². The SMILES string of the molecule is CCN(CC)c1nc(N2CCOCC2)nc(P(c2ccccc2)c2ccccc2)n1. The Balaban J connectivity index is 1.85. The molecule has 3 aromatic rings. The largest absolute Gasteiger partial charge is 0.378 e. The van der Waals surface area contributed by atoms with Gasteiger partial charge in [0.05, 0.1) is 13.2 Å². The van der Waals surface area contributed by atoms with Crippen molar-refractivity contribution >= 4 is 36.0 Å². The maximum absolute atomic E-state index is 5.54. The van der Waals surface area contributed by atoms with Crippen LogP contribution in [0.25, 0.3) is 0 Å². The Morgan fingerprint density at radius 2 is 1.40 bits per heavy atom. The molecule has 0 unspecified atom stereocenters. The maximum Gasteiger partial charge on any atom is 0.230 e. The van der Waals surface area contributed by atoms with Crippen LogP contribution in [0.5, 0.6) is 0 Å². The number of nitrogens with zero attached hydrogens (tertiary/aromatic N) is 5. The number of benzene rings is 2. The summed E-state index contributed by atoms with van der Waals surface area (Å²) in [6.07, 6.45) is 0. The highest BCUT2D eigenvalue weighted by Crippen LogP contribution is 2.32. The van der Waals surface area contributed by atoms with E-state index in [0.717, 1.165) is 43.6 Å². The molecule has 1 saturated heterocycles. The predicted molar refractivity (Wildman–Crippen MR) is 125 cm³/mol. The summed E-state index contributed by atoms with van der Waals surface area (Å²) in [5.74, 6) is 1.51. The highest BCUT2D eigenvalue weighted by Gasteiger charge is 2.24. The van der Waals surface area contributed by atoms with Gasteiger partial charge in [-0.25, -0.2) is 0 Å². The molecule has 2 aromatic carbocycles. The first kappa shape index (κ1) is 20.7. The van der Waals surface area contributed by atoms with Gasteiger partial charge in [-0.3, -0.25) is 0 Å². The average Bonchev–Trinajstić information content (AvgIpc) is 2.82. The summed E-state index contributed by atoms with van der Waals surface area (Å²) in [5, 5.41) is 2.48. The molecule has 0 spiro atoms. The van der Waals surface area contributed by atoms with E-state index < -0.39 is 7.92 Å². The van der Waals surface area contributed by atoms with Crippen LogP contribution in [-0.4, -0.2) is 54.3 Å². The van der Waals surface area contributed by atoms with Crippen LogP contribution in [0.2, 0.25) is 0 Å². The third-order valence-corrected chi connectivity index (χ3v) is 7.40. The minimum atomic E-state index is -0.881. The van der Waals surface area contributed by atoms with Gasteiger partial charge in [0.1, 0.15) is 0 Å². The van der Waals surface area contributed by atoms with E-state index in [1.54, 1.807) is 0 Å². The van der Waals surface area contributed by atoms with E-state index in [4.69, 9.17) is 19.7 Å². The van der Waals surface area contributed by atoms with Crippen molar-refractivity contribution in [1.82, 2.24) is 15.0 Å². The summed E-state index contributed by atoms with van der Waals surface area (Å²) >= 11 is 0. The molecule has 0 radical (unpaired) electrons. The number of rotatable bonds is 7. The summed E-state index contributed by atoms with van der Waals surface area (Å²) in [5.41, 5.74) is 0.848. The van der Waals surface area contributed by atoms with Gasteiger partial charge in [-0.15, -0.1) is 0 Å². The molecule has 0 N–H and O–H groups in total. The quantitative estimate of drug-likeness (QED) is 0.546. The molecule has 0 amide bonds. The van der Waals surface area contributed by atoms with Crippen LogP contribution >= 0.6 is 7.92 Å². The summed E-state index contributed by atoms with van der Waals surface area (Å²) < 4.78 is 5.54. The van der Waals surface area contributed by atoms with Crippen LogP contribution in [0.15, 0.2) is 60.7 Å². The fourth-order valence-corrected chi connectivity index (χ4v) is 5.61. The fraction of sp³-hybridized carbons (Fsp3) is 0.348. The Labute approximate surface area is 179 Å². The lowest BCUT2D eigenvalue weighted by Gasteiger charge is -2.29. The molecule has 0 atom stereocenters. The second-order valence-corrected chi connectivity index (χ2v) is 9.12. The molecular weight excluding hydrogens is 393 g/mol. The number of hydrogen-bond donors (Lipinski definition) is 0. The van der Waals surface area contributed by atoms with Gasteiger partial charge in [-0.05, 0) is 24.5 Å². The van der Waals surface area contributed by atoms with Gasteiger partial charge >= 0.3 is 0 Å². The van der Waals surface area contributed by atoms with Crippen LogP contribution in [0, 0.1) is 0 Å². The first-order valence-electron chi connectivity index (χ1n) is 10.5. The fourth-order valence-electron chi connectivity index (χ4n) is 3.53. The van der Waals surface area contributed by atoms with Gasteiger partial charge in [0.25, 0.3) is 0 Å². The van der Waals surface area contributed by atoms with E-state index in [-0.39, 0.29) is 0 Å². The Hall–Kier alpha value is -2.56. The van der Waals surface area contributed by atoms with E-state index in [1.807, 2.05) is 0 Å². The van der Waals surface area contributed by atoms with Crippen LogP contribution in [-0.2, 0) is 4.74 Å². The van der Waals surface area contributed by atoms with Crippen molar-refractivity contribution in [3.8, 4) is 0 Å². The Kier molecular flexibility index (Phi) is 6.88. The first-order chi connectivity index (χ1) is 14.8. The lowest BCUT2D eigenvalue weighted by Crippen LogP contribution is -2.40. The molecule has 2 heterocycles. The molecular formula is C23H28N5OP. The molecule has 7 heteroatoms. The normalized spacial score (nSPS) is 14.2. The zero-order chi connectivity index (χ0) is 20.8. The van der Waals surface area contributed by atoms with E-state index in [1.165, 1.54) is 10.6 Å². The maximum atomic E-state index is 5.54. The molecule has 1 aliphatic heterocycles. The van der Waals surface area contributed by atoms with E-state index in [2.05, 4.69) is 84.3 Å². The third-order valence-electron chi connectivity index (χ3n) is 5.17. The second kappa shape index (κ2) is 9.96. The van der Waals surface area contributed by atoms with Gasteiger partial charge in [0.15, 0.2) is 5.57 Å². The van der Waals surface area contributed by atoms with Crippen LogP contribution < -0.4 is 26.0 Å². The lowest BCUT2D eigenvalue weighted by molar-refractivity contribution is 0.122. The number of hydrogen-bond acceptors (Lipinski definition) is 6. The molecule has 0 aliphatic carbocycles. The van der Waals surface area contributed by atoms with Crippen molar-refractivity contribution in [1.29, 1.82) is 0 Å². The topological polar surface area (TPSA) is 54.4 Å². The predicted octanol–water partition coefficient (Wildman–Crippen LogP) is 2.31. The Morgan fingerprint density at radius 1 is 0.833 bits per heavy atom. The van der Waals surface area contributed by atoms with Gasteiger partial charge in [0.2, 0.25) is 11.9 Å². The summed E-state index contributed by atoms with van der Waals surface area (Å²) in [4.78, 5) is 19.3. The van der Waals surface area contributed by atoms with Crippen LogP contribution in [0.1, 0.15) is 13.8 Å². The highest BCUT2D eigenvalue weighted by molar-refractivity contribution is 7.79. The molecule has 0 saturated carbocycles. The smallest absolute Gasteiger partial charge is 0.230 e. The molecule has 1 aromatic heterocycles. The van der Waals surface area contributed by atoms with Gasteiger partial charge < -0.3 is 14.5 Å². The third kappa shape index (κ3) is 4.61. The summed E-state index contributed by atoms with van der Waals surface area (Å²) in [7, 11) is -0.881. The number of ether oxygens (including phenoxy) is 1. The monoisotopic (exact) mass is 421 g/mol. The van der Waals surface area contributed by atoms with Crippen molar-refractivity contribution < 1.29 is 4.74 Å². The van der Waals surface area contributed by atoms with Crippen molar-refractivity contribution in [2.45, 2.75) is 13.8 Å². The first-order valence-corrected chi connectivity index (χ1v) is 11.9. The number of aromatic nitrogens is 3. The van der Waals surface area contributed by atoms with Gasteiger partial charge in [0, 0.05) is 34.1 Å². The van der Waals surface area contributed by atoms with Crippen LogP contribution in [0.4, 0.5) is 11.9 Å². The molecule has 6 nitrogen and oxygen atoms in total. The second-order valence-electron chi connectivity index (χ2n) is 7.01. The van der Waals surface area contributed by atoms with E-state index in [9.17, 15) is 0 Å². The molecule has 0 bridgehead atoms. The molecule has 1 aliphatic rings. The van der Waals surface area contributed by atoms with Crippen molar-refractivity contribution in [2.24, 2.45) is 0 Å². The van der Waals surface area contributed by atoms with E-state index in [0.29, 0.717) is 13.2 Å². The zero-order valence-corrected chi connectivity index (χ0v) is 18.5. The minimum Gasteiger partial charge on any atom is -0.378 e. The number of anilines is 2. The standard InChI is InChI=1S/C23H28N5OP/c1-3-27(4-2)21-24-22(28-15-17-29-18-16-28)26-23(25-21)30(19-11-7-5-8-12-19)20-13-9-6-10-14-20/h5-14H,3-4,15-18H2,1-2H3. The zero-order valence-electron chi connectivity index (χ0n) is 17.6. The summed E-state index contributed by atoms with van der Waals surface area (Å²) in [6, 6.07) is 21.1. The molecule has 1 fully saturated rings. The summed E-state index contributed by atoms with van der Waals surface area (Å²) in [6.45, 7) is 9.00. The minimum absolute atomic E-state index is 0.702. The van der Waals surface area contributed by atoms with Crippen molar-refractivity contribution in [3.05, 3.63) is 60.7 Å². The molecule has 30 heavy (non-hydrogen) atoms. The Bertz CT molecular complexity index is 891. The average molecular weight is 421 g/mol. The van der Waals surface area contributed by atoms with Crippen LogP contribution in [0.3, 0.4) is 0 Å². The van der Waals surface area contributed by atoms with Gasteiger partial charge in [-0.1, -0.05) is 60.7 Å². The molecule has 4 rings (SSSR count). The number of morpholine rings is 1.